The standard InChI is InChI=1S/C11H22O3/c1-3-5-7-10(12)8-6-9-11(13)14-4-2/h10,12H,3-9H2,1-2H3/t10-/m0/s1. The van der Waals surface area contributed by atoms with Gasteiger partial charge in [0.15, 0.2) is 0 Å². The van der Waals surface area contributed by atoms with Gasteiger partial charge in [-0.3, -0.25) is 4.79 Å². The van der Waals surface area contributed by atoms with Gasteiger partial charge in [-0.1, -0.05) is 19.8 Å². The molecule has 0 saturated heterocycles. The predicted octanol–water partition coefficient (Wildman–Crippen LogP) is 2.27. The van der Waals surface area contributed by atoms with Crippen LogP contribution in [0.2, 0.25) is 0 Å². The van der Waals surface area contributed by atoms with Gasteiger partial charge in [0.25, 0.3) is 0 Å². The van der Waals surface area contributed by atoms with Gasteiger partial charge in [-0.25, -0.2) is 0 Å². The van der Waals surface area contributed by atoms with Crippen LogP contribution in [0.4, 0.5) is 0 Å². The van der Waals surface area contributed by atoms with Crippen LogP contribution in [0.5, 0.6) is 0 Å². The summed E-state index contributed by atoms with van der Waals surface area (Å²) in [6.07, 6.45) is 4.62. The zero-order valence-corrected chi connectivity index (χ0v) is 9.29. The molecule has 0 bridgehead atoms. The van der Waals surface area contributed by atoms with Crippen LogP contribution in [0.3, 0.4) is 0 Å². The Labute approximate surface area is 86.5 Å². The number of rotatable bonds is 8. The maximum absolute atomic E-state index is 10.9. The number of carbonyl (C=O) groups excluding carboxylic acids is 1. The van der Waals surface area contributed by atoms with Crippen molar-refractivity contribution in [3.8, 4) is 0 Å². The van der Waals surface area contributed by atoms with Crippen molar-refractivity contribution in [2.45, 2.75) is 58.5 Å². The number of unbranched alkanes of at least 4 members (excludes halogenated alkanes) is 1. The molecule has 0 aromatic carbocycles. The molecular formula is C11H22O3. The van der Waals surface area contributed by atoms with E-state index in [-0.39, 0.29) is 12.1 Å². The van der Waals surface area contributed by atoms with Crippen LogP contribution in [-0.4, -0.2) is 23.8 Å². The van der Waals surface area contributed by atoms with Crippen molar-refractivity contribution < 1.29 is 14.6 Å². The lowest BCUT2D eigenvalue weighted by Crippen LogP contribution is -2.09. The van der Waals surface area contributed by atoms with E-state index in [9.17, 15) is 9.90 Å². The van der Waals surface area contributed by atoms with Crippen LogP contribution in [-0.2, 0) is 9.53 Å². The molecule has 0 amide bonds. The molecule has 0 fully saturated rings. The third-order valence-electron chi connectivity index (χ3n) is 2.11. The Morgan fingerprint density at radius 2 is 1.93 bits per heavy atom. The molecule has 0 aliphatic heterocycles. The molecule has 0 saturated carbocycles. The van der Waals surface area contributed by atoms with E-state index in [2.05, 4.69) is 6.92 Å². The van der Waals surface area contributed by atoms with Gasteiger partial charge < -0.3 is 9.84 Å². The van der Waals surface area contributed by atoms with E-state index in [1.165, 1.54) is 0 Å². The van der Waals surface area contributed by atoms with Crippen molar-refractivity contribution >= 4 is 5.97 Å². The predicted molar refractivity (Wildman–Crippen MR) is 56.0 cm³/mol. The minimum Gasteiger partial charge on any atom is -0.466 e. The van der Waals surface area contributed by atoms with Crippen molar-refractivity contribution in [3.05, 3.63) is 0 Å². The summed E-state index contributed by atoms with van der Waals surface area (Å²) in [6.45, 7) is 4.34. The Hall–Kier alpha value is -0.570. The first-order chi connectivity index (χ1) is 6.70. The topological polar surface area (TPSA) is 46.5 Å². The second kappa shape index (κ2) is 9.00. The summed E-state index contributed by atoms with van der Waals surface area (Å²) in [5, 5.41) is 9.47. The maximum Gasteiger partial charge on any atom is 0.305 e. The second-order valence-electron chi connectivity index (χ2n) is 3.49. The molecule has 0 spiro atoms. The fourth-order valence-corrected chi connectivity index (χ4v) is 1.30. The molecule has 0 unspecified atom stereocenters. The van der Waals surface area contributed by atoms with Crippen molar-refractivity contribution in [1.82, 2.24) is 0 Å². The number of ether oxygens (including phenoxy) is 1. The molecule has 3 nitrogen and oxygen atoms in total. The summed E-state index contributed by atoms with van der Waals surface area (Å²) in [6, 6.07) is 0. The van der Waals surface area contributed by atoms with E-state index >= 15 is 0 Å². The average molecular weight is 202 g/mol. The van der Waals surface area contributed by atoms with Crippen LogP contribution in [0.15, 0.2) is 0 Å². The van der Waals surface area contributed by atoms with E-state index in [0.29, 0.717) is 19.4 Å². The number of esters is 1. The van der Waals surface area contributed by atoms with E-state index < -0.39 is 0 Å². The van der Waals surface area contributed by atoms with E-state index in [4.69, 9.17) is 4.74 Å². The van der Waals surface area contributed by atoms with Gasteiger partial charge in [0.1, 0.15) is 0 Å². The molecule has 0 aliphatic rings. The van der Waals surface area contributed by atoms with E-state index in [1.807, 2.05) is 0 Å². The van der Waals surface area contributed by atoms with E-state index in [1.54, 1.807) is 6.92 Å². The third-order valence-corrected chi connectivity index (χ3v) is 2.11. The summed E-state index contributed by atoms with van der Waals surface area (Å²) in [5.41, 5.74) is 0. The highest BCUT2D eigenvalue weighted by atomic mass is 16.5. The minimum atomic E-state index is -0.246. The quantitative estimate of drug-likeness (QED) is 0.614. The Kier molecular flexibility index (Phi) is 8.64. The van der Waals surface area contributed by atoms with Crippen LogP contribution >= 0.6 is 0 Å². The molecule has 0 radical (unpaired) electrons. The lowest BCUT2D eigenvalue weighted by Gasteiger charge is -2.08. The molecule has 0 aromatic heterocycles. The SMILES string of the molecule is CCCC[C@H](O)CCCC(=O)OCC. The number of carbonyl (C=O) groups is 1. The second-order valence-corrected chi connectivity index (χ2v) is 3.49. The zero-order chi connectivity index (χ0) is 10.8. The normalized spacial score (nSPS) is 12.5. The summed E-state index contributed by atoms with van der Waals surface area (Å²) in [5.74, 6) is -0.157. The monoisotopic (exact) mass is 202 g/mol. The summed E-state index contributed by atoms with van der Waals surface area (Å²) in [7, 11) is 0. The van der Waals surface area contributed by atoms with Gasteiger partial charge in [0.05, 0.1) is 12.7 Å². The fourth-order valence-electron chi connectivity index (χ4n) is 1.30. The first-order valence-corrected chi connectivity index (χ1v) is 5.54. The highest BCUT2D eigenvalue weighted by Gasteiger charge is 2.06. The lowest BCUT2D eigenvalue weighted by atomic mass is 10.1. The highest BCUT2D eigenvalue weighted by Crippen LogP contribution is 2.08. The number of aliphatic hydroxyl groups excluding tert-OH is 1. The summed E-state index contributed by atoms with van der Waals surface area (Å²) in [4.78, 5) is 10.9. The molecule has 0 heterocycles. The number of hydrogen-bond acceptors (Lipinski definition) is 3. The first-order valence-electron chi connectivity index (χ1n) is 5.54. The Balaban J connectivity index is 3.29. The van der Waals surface area contributed by atoms with Crippen LogP contribution in [0, 0.1) is 0 Å². The molecule has 1 N–H and O–H groups in total. The van der Waals surface area contributed by atoms with Crippen molar-refractivity contribution in [1.29, 1.82) is 0 Å². The van der Waals surface area contributed by atoms with Gasteiger partial charge in [-0.05, 0) is 26.2 Å². The van der Waals surface area contributed by atoms with Gasteiger partial charge in [0, 0.05) is 6.42 Å². The molecule has 84 valence electrons. The minimum absolute atomic E-state index is 0.157. The summed E-state index contributed by atoms with van der Waals surface area (Å²) < 4.78 is 4.78. The van der Waals surface area contributed by atoms with Crippen molar-refractivity contribution in [2.75, 3.05) is 6.61 Å². The van der Waals surface area contributed by atoms with Gasteiger partial charge >= 0.3 is 5.97 Å². The lowest BCUT2D eigenvalue weighted by molar-refractivity contribution is -0.143. The molecule has 0 rings (SSSR count). The van der Waals surface area contributed by atoms with E-state index in [0.717, 1.165) is 25.7 Å². The fraction of sp³-hybridized carbons (Fsp3) is 0.909. The van der Waals surface area contributed by atoms with Gasteiger partial charge in [0.2, 0.25) is 0 Å². The highest BCUT2D eigenvalue weighted by molar-refractivity contribution is 5.69. The van der Waals surface area contributed by atoms with Crippen molar-refractivity contribution in [3.63, 3.8) is 0 Å². The molecule has 0 aliphatic carbocycles. The smallest absolute Gasteiger partial charge is 0.305 e. The molecule has 3 heteroatoms. The number of aliphatic hydroxyl groups is 1. The molecule has 14 heavy (non-hydrogen) atoms. The van der Waals surface area contributed by atoms with Crippen LogP contribution in [0.1, 0.15) is 52.4 Å². The van der Waals surface area contributed by atoms with Gasteiger partial charge in [-0.15, -0.1) is 0 Å². The average Bonchev–Trinajstić information content (AvgIpc) is 2.15. The largest absolute Gasteiger partial charge is 0.466 e. The molecule has 1 atom stereocenters. The van der Waals surface area contributed by atoms with Crippen LogP contribution < -0.4 is 0 Å². The zero-order valence-electron chi connectivity index (χ0n) is 9.29. The maximum atomic E-state index is 10.9. The molecule has 0 aromatic rings. The van der Waals surface area contributed by atoms with Crippen LogP contribution in [0.25, 0.3) is 0 Å². The van der Waals surface area contributed by atoms with Crippen molar-refractivity contribution in [2.24, 2.45) is 0 Å². The Morgan fingerprint density at radius 1 is 1.29 bits per heavy atom. The molecular weight excluding hydrogens is 180 g/mol. The van der Waals surface area contributed by atoms with Gasteiger partial charge in [-0.2, -0.15) is 0 Å². The Morgan fingerprint density at radius 3 is 2.50 bits per heavy atom. The first kappa shape index (κ1) is 13.4. The summed E-state index contributed by atoms with van der Waals surface area (Å²) >= 11 is 0. The number of hydrogen-bond donors (Lipinski definition) is 1. The third kappa shape index (κ3) is 8.05. The Bertz CT molecular complexity index is 145.